The summed E-state index contributed by atoms with van der Waals surface area (Å²) in [6, 6.07) is 7.55. The zero-order valence-corrected chi connectivity index (χ0v) is 19.2. The van der Waals surface area contributed by atoms with Crippen molar-refractivity contribution in [2.45, 2.75) is 6.42 Å². The van der Waals surface area contributed by atoms with E-state index >= 15 is 0 Å². The number of halogens is 1. The van der Waals surface area contributed by atoms with Gasteiger partial charge in [-0.05, 0) is 18.2 Å². The summed E-state index contributed by atoms with van der Waals surface area (Å²) < 4.78 is 11.4. The van der Waals surface area contributed by atoms with Crippen molar-refractivity contribution in [3.8, 4) is 11.5 Å². The number of piperazine rings is 1. The maximum Gasteiger partial charge on any atom is 0.225 e. The van der Waals surface area contributed by atoms with Crippen LogP contribution in [0.2, 0.25) is 0 Å². The second-order valence-electron chi connectivity index (χ2n) is 6.98. The maximum atomic E-state index is 6.05. The molecule has 10 heteroatoms. The third-order valence-electron chi connectivity index (χ3n) is 4.93. The van der Waals surface area contributed by atoms with E-state index in [9.17, 15) is 0 Å². The van der Waals surface area contributed by atoms with Crippen LogP contribution in [-0.4, -0.2) is 73.3 Å². The van der Waals surface area contributed by atoms with Crippen LogP contribution in [0.5, 0.6) is 11.5 Å². The number of anilines is 2. The van der Waals surface area contributed by atoms with Gasteiger partial charge in [0, 0.05) is 63.3 Å². The van der Waals surface area contributed by atoms with Gasteiger partial charge >= 0.3 is 0 Å². The summed E-state index contributed by atoms with van der Waals surface area (Å²) in [6.07, 6.45) is 4.44. The van der Waals surface area contributed by atoms with Crippen molar-refractivity contribution in [3.05, 3.63) is 36.7 Å². The molecule has 0 atom stereocenters. The third kappa shape index (κ3) is 6.08. The molecule has 0 spiro atoms. The van der Waals surface area contributed by atoms with Crippen LogP contribution in [0.3, 0.4) is 0 Å². The Kier molecular flexibility index (Phi) is 8.31. The fourth-order valence-electron chi connectivity index (χ4n) is 3.37. The first-order chi connectivity index (χ1) is 14.3. The lowest BCUT2D eigenvalue weighted by Crippen LogP contribution is -2.47. The molecule has 0 saturated carbocycles. The summed E-state index contributed by atoms with van der Waals surface area (Å²) in [4.78, 5) is 17.7. The maximum absolute atomic E-state index is 6.05. The molecule has 0 radical (unpaired) electrons. The second-order valence-corrected chi connectivity index (χ2v) is 6.98. The first kappa shape index (κ1) is 22.3. The van der Waals surface area contributed by atoms with E-state index in [1.165, 1.54) is 0 Å². The van der Waals surface area contributed by atoms with Gasteiger partial charge < -0.3 is 25.4 Å². The van der Waals surface area contributed by atoms with E-state index in [0.29, 0.717) is 25.7 Å². The van der Waals surface area contributed by atoms with Crippen LogP contribution >= 0.6 is 24.0 Å². The van der Waals surface area contributed by atoms with Gasteiger partial charge in [0.25, 0.3) is 0 Å². The molecule has 3 heterocycles. The molecule has 2 aromatic rings. The second kappa shape index (κ2) is 11.2. The van der Waals surface area contributed by atoms with Crippen LogP contribution in [0.4, 0.5) is 11.6 Å². The monoisotopic (exact) mass is 525 g/mol. The van der Waals surface area contributed by atoms with Crippen LogP contribution < -0.4 is 25.4 Å². The number of rotatable bonds is 5. The van der Waals surface area contributed by atoms with Gasteiger partial charge in [0.2, 0.25) is 5.95 Å². The van der Waals surface area contributed by atoms with E-state index in [1.54, 1.807) is 12.4 Å². The molecule has 0 unspecified atom stereocenters. The summed E-state index contributed by atoms with van der Waals surface area (Å²) >= 11 is 0. The highest BCUT2D eigenvalue weighted by atomic mass is 127. The molecule has 1 saturated heterocycles. The van der Waals surface area contributed by atoms with Gasteiger partial charge in [0.05, 0.1) is 19.8 Å². The predicted molar refractivity (Wildman–Crippen MR) is 128 cm³/mol. The molecule has 9 nitrogen and oxygen atoms in total. The van der Waals surface area contributed by atoms with Crippen molar-refractivity contribution in [1.82, 2.24) is 14.9 Å². The van der Waals surface area contributed by atoms with Crippen molar-refractivity contribution in [2.75, 3.05) is 62.7 Å². The molecule has 3 N–H and O–H groups in total. The Morgan fingerprint density at radius 1 is 1.07 bits per heavy atom. The largest absolute Gasteiger partial charge is 0.490 e. The fourth-order valence-corrected chi connectivity index (χ4v) is 3.37. The lowest BCUT2D eigenvalue weighted by atomic mass is 10.3. The molecule has 30 heavy (non-hydrogen) atoms. The molecule has 1 aromatic carbocycles. The molecule has 0 bridgehead atoms. The Bertz CT molecular complexity index is 829. The zero-order valence-electron chi connectivity index (χ0n) is 16.9. The van der Waals surface area contributed by atoms with Crippen molar-refractivity contribution in [2.24, 2.45) is 10.7 Å². The summed E-state index contributed by atoms with van der Waals surface area (Å²) in [5.74, 6) is 2.70. The number of hydrogen-bond donors (Lipinski definition) is 2. The number of aromatic nitrogens is 2. The average Bonchev–Trinajstić information content (AvgIpc) is 3.00. The predicted octanol–water partition coefficient (Wildman–Crippen LogP) is 1.80. The van der Waals surface area contributed by atoms with Crippen molar-refractivity contribution < 1.29 is 9.47 Å². The summed E-state index contributed by atoms with van der Waals surface area (Å²) in [6.45, 7) is 6.60. The number of aliphatic imine (C=N–C) groups is 1. The van der Waals surface area contributed by atoms with Gasteiger partial charge in [-0.1, -0.05) is 0 Å². The molecule has 1 fully saturated rings. The van der Waals surface area contributed by atoms with Crippen molar-refractivity contribution >= 4 is 41.6 Å². The first-order valence-corrected chi connectivity index (χ1v) is 9.99. The number of guanidine groups is 1. The van der Waals surface area contributed by atoms with Gasteiger partial charge in [0.1, 0.15) is 0 Å². The lowest BCUT2D eigenvalue weighted by Gasteiger charge is -2.34. The van der Waals surface area contributed by atoms with E-state index in [2.05, 4.69) is 30.1 Å². The lowest BCUT2D eigenvalue weighted by molar-refractivity contribution is 0.264. The number of fused-ring (bicyclic) bond motifs is 1. The normalized spacial score (nSPS) is 17.1. The highest BCUT2D eigenvalue weighted by Gasteiger charge is 2.18. The Hall–Kier alpha value is -2.34. The Balaban J connectivity index is 0.00000256. The highest BCUT2D eigenvalue weighted by Crippen LogP contribution is 2.32. The molecule has 4 rings (SSSR count). The fraction of sp³-hybridized carbons (Fsp3) is 0.450. The molecule has 2 aliphatic heterocycles. The van der Waals surface area contributed by atoms with E-state index in [-0.39, 0.29) is 24.0 Å². The standard InChI is InChI=1S/C20H27N7O2.HI/c21-19(25-16-3-4-17-18(15-16)29-14-2-13-28-17)22-7-8-26-9-11-27(12-10-26)20-23-5-1-6-24-20;/h1,3-6,15H,2,7-14H2,(H3,21,22,25);1H. The number of nitrogens with one attached hydrogen (secondary N) is 1. The number of ether oxygens (including phenoxy) is 2. The molecule has 162 valence electrons. The highest BCUT2D eigenvalue weighted by molar-refractivity contribution is 14.0. The van der Waals surface area contributed by atoms with E-state index in [1.807, 2.05) is 24.3 Å². The Labute approximate surface area is 193 Å². The molecular formula is C20H28IN7O2. The minimum Gasteiger partial charge on any atom is -0.490 e. The van der Waals surface area contributed by atoms with Crippen LogP contribution in [0.1, 0.15) is 6.42 Å². The zero-order chi connectivity index (χ0) is 19.9. The quantitative estimate of drug-likeness (QED) is 0.347. The Morgan fingerprint density at radius 2 is 1.80 bits per heavy atom. The van der Waals surface area contributed by atoms with Crippen LogP contribution in [0, 0.1) is 0 Å². The van der Waals surface area contributed by atoms with Crippen LogP contribution in [0.15, 0.2) is 41.7 Å². The van der Waals surface area contributed by atoms with E-state index in [4.69, 9.17) is 15.2 Å². The molecular weight excluding hydrogens is 497 g/mol. The molecule has 2 aliphatic rings. The number of benzene rings is 1. The first-order valence-electron chi connectivity index (χ1n) is 9.99. The van der Waals surface area contributed by atoms with Crippen LogP contribution in [-0.2, 0) is 0 Å². The van der Waals surface area contributed by atoms with Gasteiger partial charge in [-0.25, -0.2) is 9.97 Å². The van der Waals surface area contributed by atoms with Crippen molar-refractivity contribution in [1.29, 1.82) is 0 Å². The summed E-state index contributed by atoms with van der Waals surface area (Å²) in [5.41, 5.74) is 6.89. The van der Waals surface area contributed by atoms with Gasteiger partial charge in [-0.2, -0.15) is 0 Å². The van der Waals surface area contributed by atoms with Gasteiger partial charge in [-0.15, -0.1) is 24.0 Å². The summed E-state index contributed by atoms with van der Waals surface area (Å²) in [5, 5.41) is 3.13. The topological polar surface area (TPSA) is 101 Å². The minimum absolute atomic E-state index is 0. The number of nitrogens with zero attached hydrogens (tertiary/aromatic N) is 5. The smallest absolute Gasteiger partial charge is 0.225 e. The molecule has 0 aliphatic carbocycles. The number of nitrogens with two attached hydrogens (primary N) is 1. The Morgan fingerprint density at radius 3 is 2.57 bits per heavy atom. The van der Waals surface area contributed by atoms with Crippen LogP contribution in [0.25, 0.3) is 0 Å². The minimum atomic E-state index is 0. The summed E-state index contributed by atoms with van der Waals surface area (Å²) in [7, 11) is 0. The van der Waals surface area contributed by atoms with E-state index < -0.39 is 0 Å². The van der Waals surface area contributed by atoms with E-state index in [0.717, 1.165) is 62.3 Å². The SMILES string of the molecule is I.NC(=NCCN1CCN(c2ncccn2)CC1)Nc1ccc2c(c1)OCCCO2. The molecule has 1 aromatic heterocycles. The van der Waals surface area contributed by atoms with Gasteiger partial charge in [-0.3, -0.25) is 9.89 Å². The third-order valence-corrected chi connectivity index (χ3v) is 4.93. The average molecular weight is 525 g/mol. The van der Waals surface area contributed by atoms with Crippen molar-refractivity contribution in [3.63, 3.8) is 0 Å². The molecule has 0 amide bonds. The van der Waals surface area contributed by atoms with Gasteiger partial charge in [0.15, 0.2) is 17.5 Å². The number of hydrogen-bond acceptors (Lipinski definition) is 7.